The van der Waals surface area contributed by atoms with Gasteiger partial charge in [-0.15, -0.1) is 0 Å². The fraction of sp³-hybridized carbons (Fsp3) is 0.375. The van der Waals surface area contributed by atoms with Crippen LogP contribution in [0.1, 0.15) is 35.3 Å². The fourth-order valence-electron chi connectivity index (χ4n) is 5.53. The van der Waals surface area contributed by atoms with Crippen LogP contribution in [0.15, 0.2) is 42.9 Å². The summed E-state index contributed by atoms with van der Waals surface area (Å²) in [5, 5.41) is 24.8. The second kappa shape index (κ2) is 7.56. The molecule has 7 nitrogen and oxygen atoms in total. The maximum Gasteiger partial charge on any atom is 0.145 e. The van der Waals surface area contributed by atoms with Crippen LogP contribution in [0.25, 0.3) is 21.9 Å². The highest BCUT2D eigenvalue weighted by atomic mass is 35.5. The monoisotopic (exact) mass is 481 g/mol. The molecule has 0 radical (unpaired) electrons. The van der Waals surface area contributed by atoms with Gasteiger partial charge in [0.15, 0.2) is 0 Å². The average Bonchev–Trinajstić information content (AvgIpc) is 3.48. The van der Waals surface area contributed by atoms with Crippen molar-refractivity contribution in [3.63, 3.8) is 0 Å². The van der Waals surface area contributed by atoms with Crippen LogP contribution in [0.5, 0.6) is 0 Å². The zero-order valence-corrected chi connectivity index (χ0v) is 19.6. The smallest absolute Gasteiger partial charge is 0.145 e. The van der Waals surface area contributed by atoms with E-state index in [1.54, 1.807) is 0 Å². The van der Waals surface area contributed by atoms with E-state index in [0.29, 0.717) is 23.0 Å². The molecule has 1 saturated heterocycles. The Morgan fingerprint density at radius 2 is 2.03 bits per heavy atom. The molecule has 2 fully saturated rings. The highest BCUT2D eigenvalue weighted by Crippen LogP contribution is 2.59. The van der Waals surface area contributed by atoms with Crippen molar-refractivity contribution >= 4 is 51.1 Å². The van der Waals surface area contributed by atoms with Gasteiger partial charge in [-0.1, -0.05) is 23.7 Å². The van der Waals surface area contributed by atoms with E-state index in [-0.39, 0.29) is 16.7 Å². The van der Waals surface area contributed by atoms with Crippen LogP contribution in [-0.4, -0.2) is 47.7 Å². The first-order chi connectivity index (χ1) is 15.9. The lowest BCUT2D eigenvalue weighted by Crippen LogP contribution is -2.36. The van der Waals surface area contributed by atoms with Gasteiger partial charge in [-0.05, 0) is 49.1 Å². The molecule has 4 aromatic rings. The van der Waals surface area contributed by atoms with Crippen molar-refractivity contribution in [1.82, 2.24) is 19.5 Å². The fourth-order valence-corrected chi connectivity index (χ4v) is 7.41. The summed E-state index contributed by atoms with van der Waals surface area (Å²) in [6, 6.07) is 9.98. The van der Waals surface area contributed by atoms with E-state index in [2.05, 4.69) is 39.2 Å². The second-order valence-electron chi connectivity index (χ2n) is 9.34. The standard InChI is InChI=1S/C24H24ClN5O2S/c1-12-6-13-2-3-14(7-16(13)29-21(12)25)18-9-24(10-33-18)8-17(19(31)20(24)32)30-5-4-15-22(26)27-11-28-23(15)30/h2-7,11,17-20,31-32H,8-10H2,1H3,(H2,26,27,28)/t17-,18-,19+,20+,24-/m1/s1. The summed E-state index contributed by atoms with van der Waals surface area (Å²) in [5.74, 6) is 1.20. The molecule has 1 aliphatic heterocycles. The lowest BCUT2D eigenvalue weighted by Gasteiger charge is -2.27. The number of benzene rings is 1. The molecule has 0 unspecified atom stereocenters. The van der Waals surface area contributed by atoms with Crippen molar-refractivity contribution in [2.75, 3.05) is 11.5 Å². The van der Waals surface area contributed by atoms with Gasteiger partial charge in [0.2, 0.25) is 0 Å². The van der Waals surface area contributed by atoms with Gasteiger partial charge >= 0.3 is 0 Å². The molecule has 6 rings (SSSR count). The molecule has 4 heterocycles. The highest BCUT2D eigenvalue weighted by Gasteiger charge is 2.56. The maximum absolute atomic E-state index is 11.2. The summed E-state index contributed by atoms with van der Waals surface area (Å²) in [7, 11) is 0. The van der Waals surface area contributed by atoms with Crippen LogP contribution in [0.2, 0.25) is 5.15 Å². The van der Waals surface area contributed by atoms with Crippen molar-refractivity contribution in [2.24, 2.45) is 5.41 Å². The number of rotatable bonds is 2. The Balaban J connectivity index is 1.30. The average molecular weight is 482 g/mol. The zero-order chi connectivity index (χ0) is 22.9. The van der Waals surface area contributed by atoms with Gasteiger partial charge in [0.25, 0.3) is 0 Å². The molecule has 1 aliphatic carbocycles. The minimum absolute atomic E-state index is 0.219. The topological polar surface area (TPSA) is 110 Å². The third-order valence-electron chi connectivity index (χ3n) is 7.36. The zero-order valence-electron chi connectivity index (χ0n) is 18.0. The number of aliphatic hydroxyl groups excluding tert-OH is 2. The Morgan fingerprint density at radius 1 is 1.18 bits per heavy atom. The molecule has 0 amide bonds. The van der Waals surface area contributed by atoms with E-state index >= 15 is 0 Å². The van der Waals surface area contributed by atoms with Crippen LogP contribution in [0.3, 0.4) is 0 Å². The number of aromatic nitrogens is 4. The number of pyridine rings is 1. The minimum Gasteiger partial charge on any atom is -0.390 e. The van der Waals surface area contributed by atoms with E-state index in [1.165, 1.54) is 11.9 Å². The second-order valence-corrected chi connectivity index (χ2v) is 10.9. The number of aliphatic hydroxyl groups is 2. The number of aryl methyl sites for hydroxylation is 1. The summed E-state index contributed by atoms with van der Waals surface area (Å²) in [6.07, 6.45) is 3.08. The Bertz CT molecular complexity index is 1390. The molecule has 3 aromatic heterocycles. The summed E-state index contributed by atoms with van der Waals surface area (Å²) < 4.78 is 1.94. The van der Waals surface area contributed by atoms with Crippen LogP contribution in [0.4, 0.5) is 5.82 Å². The van der Waals surface area contributed by atoms with E-state index in [4.69, 9.17) is 17.3 Å². The highest BCUT2D eigenvalue weighted by molar-refractivity contribution is 7.99. The third kappa shape index (κ3) is 3.23. The van der Waals surface area contributed by atoms with Gasteiger partial charge in [-0.25, -0.2) is 15.0 Å². The number of anilines is 1. The van der Waals surface area contributed by atoms with Gasteiger partial charge in [0, 0.05) is 28.0 Å². The van der Waals surface area contributed by atoms with Crippen molar-refractivity contribution in [1.29, 1.82) is 0 Å². The van der Waals surface area contributed by atoms with Gasteiger partial charge in [0.1, 0.15) is 29.0 Å². The number of thioether (sulfide) groups is 1. The lowest BCUT2D eigenvalue weighted by atomic mass is 9.80. The molecular weight excluding hydrogens is 458 g/mol. The normalized spacial score (nSPS) is 29.6. The van der Waals surface area contributed by atoms with E-state index in [0.717, 1.165) is 34.0 Å². The van der Waals surface area contributed by atoms with Gasteiger partial charge < -0.3 is 20.5 Å². The Kier molecular flexibility index (Phi) is 4.85. The van der Waals surface area contributed by atoms with E-state index < -0.39 is 12.2 Å². The maximum atomic E-state index is 11.2. The molecule has 2 aliphatic rings. The molecule has 1 spiro atoms. The van der Waals surface area contributed by atoms with Crippen molar-refractivity contribution < 1.29 is 10.2 Å². The summed E-state index contributed by atoms with van der Waals surface area (Å²) >= 11 is 8.08. The van der Waals surface area contributed by atoms with E-state index in [9.17, 15) is 10.2 Å². The third-order valence-corrected chi connectivity index (χ3v) is 9.33. The lowest BCUT2D eigenvalue weighted by molar-refractivity contribution is -0.0204. The summed E-state index contributed by atoms with van der Waals surface area (Å²) in [5.41, 5.74) is 9.32. The largest absolute Gasteiger partial charge is 0.390 e. The number of halogens is 1. The van der Waals surface area contributed by atoms with Crippen LogP contribution in [0, 0.1) is 12.3 Å². The quantitative estimate of drug-likeness (QED) is 0.370. The van der Waals surface area contributed by atoms with Crippen molar-refractivity contribution in [3.8, 4) is 0 Å². The van der Waals surface area contributed by atoms with Gasteiger partial charge in [-0.3, -0.25) is 0 Å². The molecule has 5 atom stereocenters. The molecule has 170 valence electrons. The first-order valence-corrected chi connectivity index (χ1v) is 12.4. The molecule has 1 aromatic carbocycles. The summed E-state index contributed by atoms with van der Waals surface area (Å²) in [4.78, 5) is 13.0. The molecular formula is C24H24ClN5O2S. The molecule has 4 N–H and O–H groups in total. The van der Waals surface area contributed by atoms with Crippen molar-refractivity contribution in [3.05, 3.63) is 59.1 Å². The van der Waals surface area contributed by atoms with Gasteiger partial charge in [0.05, 0.1) is 23.0 Å². The Hall–Kier alpha value is -2.39. The van der Waals surface area contributed by atoms with Crippen LogP contribution >= 0.6 is 23.4 Å². The molecule has 1 saturated carbocycles. The Morgan fingerprint density at radius 3 is 2.88 bits per heavy atom. The summed E-state index contributed by atoms with van der Waals surface area (Å²) in [6.45, 7) is 1.96. The predicted molar refractivity (Wildman–Crippen MR) is 131 cm³/mol. The number of nitrogens with zero attached hydrogens (tertiary/aromatic N) is 4. The van der Waals surface area contributed by atoms with Crippen molar-refractivity contribution in [2.45, 2.75) is 43.3 Å². The predicted octanol–water partition coefficient (Wildman–Crippen LogP) is 4.05. The van der Waals surface area contributed by atoms with Gasteiger partial charge in [-0.2, -0.15) is 11.8 Å². The number of hydrogen-bond acceptors (Lipinski definition) is 7. The molecule has 33 heavy (non-hydrogen) atoms. The van der Waals surface area contributed by atoms with Crippen LogP contribution < -0.4 is 5.73 Å². The Labute approximate surface area is 200 Å². The minimum atomic E-state index is -0.879. The molecule has 0 bridgehead atoms. The van der Waals surface area contributed by atoms with Crippen LogP contribution in [-0.2, 0) is 0 Å². The first kappa shape index (κ1) is 21.2. The number of nitrogens with two attached hydrogens (primary N) is 1. The first-order valence-electron chi connectivity index (χ1n) is 11.0. The number of hydrogen-bond donors (Lipinski definition) is 3. The molecule has 9 heteroatoms. The SMILES string of the molecule is Cc1cc2ccc([C@H]3C[C@@]4(CS3)C[C@@H](n3ccc5c(N)ncnc53)[C@H](O)[C@@H]4O)cc2nc1Cl. The number of nitrogen functional groups attached to an aromatic ring is 1. The van der Waals surface area contributed by atoms with E-state index in [1.807, 2.05) is 35.5 Å². The number of fused-ring (bicyclic) bond motifs is 2.